The first-order chi connectivity index (χ1) is 11.9. The fraction of sp³-hybridized carbons (Fsp3) is 0.850. The number of hydroxylamine groups is 2. The van der Waals surface area contributed by atoms with Crippen LogP contribution < -0.4 is 10.8 Å². The minimum Gasteiger partial charge on any atom is -0.635 e. The number of allylic oxidation sites excluding steroid dienone is 1. The van der Waals surface area contributed by atoms with Crippen molar-refractivity contribution in [2.45, 2.75) is 96.5 Å². The maximum Gasteiger partial charge on any atom is 0.217 e. The molecule has 0 aromatic carbocycles. The van der Waals surface area contributed by atoms with Gasteiger partial charge in [-0.1, -0.05) is 64.0 Å². The van der Waals surface area contributed by atoms with E-state index in [1.54, 1.807) is 0 Å². The van der Waals surface area contributed by atoms with Crippen LogP contribution in [0.2, 0.25) is 0 Å². The van der Waals surface area contributed by atoms with Gasteiger partial charge in [0.2, 0.25) is 5.91 Å². The van der Waals surface area contributed by atoms with E-state index in [1.807, 2.05) is 0 Å². The van der Waals surface area contributed by atoms with Gasteiger partial charge in [0.05, 0.1) is 20.2 Å². The fourth-order valence-electron chi connectivity index (χ4n) is 2.39. The van der Waals surface area contributed by atoms with E-state index in [4.69, 9.17) is 5.73 Å². The molecule has 0 saturated heterocycles. The van der Waals surface area contributed by atoms with Crippen LogP contribution in [0.1, 0.15) is 90.4 Å². The third-order valence-electron chi connectivity index (χ3n) is 3.76. The zero-order chi connectivity index (χ0) is 19.3. The molecule has 0 aromatic heterocycles. The van der Waals surface area contributed by atoms with Gasteiger partial charge in [0.1, 0.15) is 0 Å². The second-order valence-electron chi connectivity index (χ2n) is 6.89. The number of carbonyl (C=O) groups is 1. The Morgan fingerprint density at radius 2 is 1.60 bits per heavy atom. The maximum absolute atomic E-state index is 10.6. The number of nitrogens with one attached hydrogen (secondary N) is 1. The van der Waals surface area contributed by atoms with Crippen LogP contribution in [-0.2, 0) is 4.79 Å². The topological polar surface area (TPSA) is 90.8 Å². The van der Waals surface area contributed by atoms with Crippen molar-refractivity contribution in [3.8, 4) is 0 Å². The number of primary amides is 1. The van der Waals surface area contributed by atoms with Gasteiger partial charge in [0.25, 0.3) is 0 Å². The molecule has 5 nitrogen and oxygen atoms in total. The van der Waals surface area contributed by atoms with Crippen molar-refractivity contribution in [1.29, 1.82) is 0 Å². The Bertz CT molecular complexity index is 305. The van der Waals surface area contributed by atoms with E-state index < -0.39 is 0 Å². The highest BCUT2D eigenvalue weighted by molar-refractivity contribution is 5.73. The third kappa shape index (κ3) is 31.4. The van der Waals surface area contributed by atoms with Crippen LogP contribution in [0.5, 0.6) is 0 Å². The van der Waals surface area contributed by atoms with Crippen LogP contribution in [0, 0.1) is 5.21 Å². The minimum atomic E-state index is -0.189. The molecule has 150 valence electrons. The largest absolute Gasteiger partial charge is 0.635 e. The summed E-state index contributed by atoms with van der Waals surface area (Å²) < 4.78 is 0. The predicted octanol–water partition coefficient (Wildman–Crippen LogP) is 3.11. The van der Waals surface area contributed by atoms with Gasteiger partial charge in [-0.25, -0.2) is 0 Å². The standard InChI is InChI=1S/C18H35NO2.C2H7NO/c1-2-3-4-11-14-17(20)15-12-9-7-5-6-8-10-13-16-18(19)21;1-3(2)4/h9,12,17,20H,2-8,10-11,13-16H2,1H3,(H2,19,21);3H,1-2H3/b12-9-;/t17-;/m1./s1. The molecule has 0 unspecified atom stereocenters. The normalized spacial score (nSPS) is 12.2. The van der Waals surface area contributed by atoms with Crippen molar-refractivity contribution in [1.82, 2.24) is 0 Å². The molecule has 0 rings (SSSR count). The SMILES string of the molecule is CCCCCC[C@@H](O)C/C=C\CCCCCCCC(N)=O.C[NH+](C)[O-]. The highest BCUT2D eigenvalue weighted by Gasteiger charge is 2.00. The van der Waals surface area contributed by atoms with Crippen molar-refractivity contribution in [2.75, 3.05) is 14.1 Å². The summed E-state index contributed by atoms with van der Waals surface area (Å²) in [5.74, 6) is -0.189. The van der Waals surface area contributed by atoms with Gasteiger partial charge >= 0.3 is 0 Å². The highest BCUT2D eigenvalue weighted by Crippen LogP contribution is 2.10. The van der Waals surface area contributed by atoms with Crippen molar-refractivity contribution in [3.63, 3.8) is 0 Å². The molecule has 0 fully saturated rings. The maximum atomic E-state index is 10.6. The number of nitrogens with two attached hydrogens (primary N) is 1. The molecule has 0 bridgehead atoms. The fourth-order valence-corrected chi connectivity index (χ4v) is 2.39. The number of aliphatic hydroxyl groups is 1. The summed E-state index contributed by atoms with van der Waals surface area (Å²) >= 11 is 0. The van der Waals surface area contributed by atoms with E-state index in [0.29, 0.717) is 6.42 Å². The van der Waals surface area contributed by atoms with Gasteiger partial charge in [-0.15, -0.1) is 0 Å². The molecule has 0 radical (unpaired) electrons. The Balaban J connectivity index is 0. The summed E-state index contributed by atoms with van der Waals surface area (Å²) in [6, 6.07) is 0. The molecule has 0 heterocycles. The Morgan fingerprint density at radius 1 is 1.04 bits per heavy atom. The molecular weight excluding hydrogens is 316 g/mol. The number of aliphatic hydroxyl groups excluding tert-OH is 1. The number of hydrogen-bond donors (Lipinski definition) is 3. The predicted molar refractivity (Wildman–Crippen MR) is 106 cm³/mol. The number of amides is 1. The molecular formula is C20H42N2O3. The Kier molecular flexibility index (Phi) is 22.2. The number of quaternary nitrogens is 1. The molecule has 0 spiro atoms. The Labute approximate surface area is 155 Å². The van der Waals surface area contributed by atoms with Gasteiger partial charge in [-0.3, -0.25) is 4.79 Å². The quantitative estimate of drug-likeness (QED) is 0.239. The summed E-state index contributed by atoms with van der Waals surface area (Å²) in [6.07, 6.45) is 18.0. The summed E-state index contributed by atoms with van der Waals surface area (Å²) in [7, 11) is 3.06. The minimum absolute atomic E-state index is 0.160. The number of hydrogen-bond acceptors (Lipinski definition) is 3. The van der Waals surface area contributed by atoms with Gasteiger partial charge in [-0.2, -0.15) is 0 Å². The second kappa shape index (κ2) is 21.1. The lowest BCUT2D eigenvalue weighted by atomic mass is 10.1. The summed E-state index contributed by atoms with van der Waals surface area (Å²) in [5.41, 5.74) is 5.09. The Morgan fingerprint density at radius 3 is 2.20 bits per heavy atom. The van der Waals surface area contributed by atoms with Gasteiger partial charge in [-0.05, 0) is 32.1 Å². The third-order valence-corrected chi connectivity index (χ3v) is 3.76. The smallest absolute Gasteiger partial charge is 0.217 e. The molecule has 1 amide bonds. The van der Waals surface area contributed by atoms with Crippen LogP contribution in [-0.4, -0.2) is 31.2 Å². The van der Waals surface area contributed by atoms with E-state index in [1.165, 1.54) is 52.6 Å². The molecule has 0 aromatic rings. The summed E-state index contributed by atoms with van der Waals surface area (Å²) in [5, 5.41) is 19.4. The highest BCUT2D eigenvalue weighted by atomic mass is 16.5. The number of carbonyl (C=O) groups excluding carboxylic acids is 1. The van der Waals surface area contributed by atoms with Crippen LogP contribution in [0.3, 0.4) is 0 Å². The number of rotatable bonds is 15. The average Bonchev–Trinajstić information content (AvgIpc) is 2.52. The van der Waals surface area contributed by atoms with Crippen LogP contribution in [0.4, 0.5) is 0 Å². The molecule has 0 saturated carbocycles. The van der Waals surface area contributed by atoms with E-state index in [9.17, 15) is 15.1 Å². The molecule has 0 aliphatic rings. The van der Waals surface area contributed by atoms with Gasteiger partial charge in [0.15, 0.2) is 0 Å². The van der Waals surface area contributed by atoms with E-state index >= 15 is 0 Å². The Hall–Kier alpha value is -0.910. The summed E-state index contributed by atoms with van der Waals surface area (Å²) in [4.78, 5) is 10.6. The molecule has 1 atom stereocenters. The monoisotopic (exact) mass is 358 g/mol. The first-order valence-electron chi connectivity index (χ1n) is 9.98. The molecule has 5 heteroatoms. The zero-order valence-electron chi connectivity index (χ0n) is 16.8. The molecule has 25 heavy (non-hydrogen) atoms. The van der Waals surface area contributed by atoms with Crippen molar-refractivity contribution < 1.29 is 15.0 Å². The van der Waals surface area contributed by atoms with Gasteiger partial charge in [0, 0.05) is 6.42 Å². The molecule has 0 aliphatic carbocycles. The second-order valence-corrected chi connectivity index (χ2v) is 6.89. The average molecular weight is 359 g/mol. The lowest BCUT2D eigenvalue weighted by molar-refractivity contribution is -0.802. The van der Waals surface area contributed by atoms with Crippen molar-refractivity contribution in [2.24, 2.45) is 5.73 Å². The van der Waals surface area contributed by atoms with Gasteiger partial charge < -0.3 is 21.1 Å². The first-order valence-corrected chi connectivity index (χ1v) is 9.98. The van der Waals surface area contributed by atoms with Crippen LogP contribution in [0.25, 0.3) is 0 Å². The molecule has 0 aliphatic heterocycles. The van der Waals surface area contributed by atoms with Crippen LogP contribution in [0.15, 0.2) is 12.2 Å². The van der Waals surface area contributed by atoms with Crippen LogP contribution >= 0.6 is 0 Å². The zero-order valence-corrected chi connectivity index (χ0v) is 16.8. The number of unbranched alkanes of at least 4 members (excludes halogenated alkanes) is 8. The lowest BCUT2D eigenvalue weighted by Crippen LogP contribution is -3.00. The van der Waals surface area contributed by atoms with E-state index in [0.717, 1.165) is 38.5 Å². The lowest BCUT2D eigenvalue weighted by Gasteiger charge is -2.07. The van der Waals surface area contributed by atoms with E-state index in [-0.39, 0.29) is 17.1 Å². The van der Waals surface area contributed by atoms with Crippen molar-refractivity contribution >= 4 is 5.91 Å². The molecule has 4 N–H and O–H groups in total. The van der Waals surface area contributed by atoms with Crippen molar-refractivity contribution in [3.05, 3.63) is 17.4 Å². The first kappa shape index (κ1) is 26.3. The van der Waals surface area contributed by atoms with E-state index in [2.05, 4.69) is 19.1 Å². The summed E-state index contributed by atoms with van der Waals surface area (Å²) in [6.45, 7) is 2.21.